The Kier molecular flexibility index (Phi) is 6.11. The van der Waals surface area contributed by atoms with Gasteiger partial charge < -0.3 is 19.0 Å². The topological polar surface area (TPSA) is 7.68 Å². The smallest absolute Gasteiger partial charge is 0.510 e. The fourth-order valence-corrected chi connectivity index (χ4v) is 2.04. The molecule has 0 aliphatic carbocycles. The third-order valence-electron chi connectivity index (χ3n) is 2.76. The highest BCUT2D eigenvalue weighted by Crippen LogP contribution is 2.06. The minimum absolute atomic E-state index is 0.759. The summed E-state index contributed by atoms with van der Waals surface area (Å²) in [5, 5.41) is 0. The van der Waals surface area contributed by atoms with Crippen LogP contribution in [0.15, 0.2) is 0 Å². The van der Waals surface area contributed by atoms with E-state index in [0.717, 1.165) is 12.2 Å². The molecule has 1 aliphatic heterocycles. The van der Waals surface area contributed by atoms with E-state index >= 15 is 0 Å². The zero-order chi connectivity index (χ0) is 12.2. The van der Waals surface area contributed by atoms with Crippen LogP contribution in [0.4, 0.5) is 14.1 Å². The van der Waals surface area contributed by atoms with Crippen LogP contribution in [0.25, 0.3) is 0 Å². The SMILES string of the molecule is CCC1N(C)C(C)C[NH+]1C.[F][Al-]([F])([F])[F]. The van der Waals surface area contributed by atoms with Crippen molar-refractivity contribution >= 4 is 14.9 Å². The van der Waals surface area contributed by atoms with Crippen molar-refractivity contribution in [2.45, 2.75) is 32.5 Å². The molecule has 1 rings (SSSR count). The van der Waals surface area contributed by atoms with Gasteiger partial charge in [-0.3, -0.25) is 0 Å². The Labute approximate surface area is 92.4 Å². The highest BCUT2D eigenvalue weighted by Gasteiger charge is 2.41. The van der Waals surface area contributed by atoms with Crippen molar-refractivity contribution in [1.82, 2.24) is 4.90 Å². The van der Waals surface area contributed by atoms with E-state index < -0.39 is 14.9 Å². The van der Waals surface area contributed by atoms with Gasteiger partial charge in [-0.1, -0.05) is 6.92 Å². The number of nitrogens with zero attached hydrogens (tertiary/aromatic N) is 1. The second kappa shape index (κ2) is 6.04. The van der Waals surface area contributed by atoms with Crippen molar-refractivity contribution in [3.63, 3.8) is 0 Å². The average Bonchev–Trinajstić information content (AvgIpc) is 2.23. The summed E-state index contributed by atoms with van der Waals surface area (Å²) in [4.78, 5) is 4.15. The molecule has 1 saturated heterocycles. The maximum absolute atomic E-state index is 9.85. The first-order valence-corrected chi connectivity index (χ1v) is 6.83. The van der Waals surface area contributed by atoms with E-state index in [-0.39, 0.29) is 0 Å². The van der Waals surface area contributed by atoms with Gasteiger partial charge in [0.15, 0.2) is 0 Å². The molecule has 0 spiro atoms. The van der Waals surface area contributed by atoms with Gasteiger partial charge in [-0.2, -0.15) is 0 Å². The van der Waals surface area contributed by atoms with E-state index in [0.29, 0.717) is 0 Å². The molecule has 1 aliphatic rings. The van der Waals surface area contributed by atoms with Gasteiger partial charge in [0.05, 0.1) is 19.6 Å². The molecule has 7 heteroatoms. The predicted molar refractivity (Wildman–Crippen MR) is 53.2 cm³/mol. The third-order valence-corrected chi connectivity index (χ3v) is 2.76. The highest BCUT2D eigenvalue weighted by atomic mass is 27.5. The molecule has 1 heterocycles. The van der Waals surface area contributed by atoms with E-state index in [1.54, 1.807) is 4.90 Å². The van der Waals surface area contributed by atoms with Crippen molar-refractivity contribution in [3.05, 3.63) is 0 Å². The number of halogens is 4. The van der Waals surface area contributed by atoms with E-state index in [1.165, 1.54) is 13.0 Å². The normalized spacial score (nSPS) is 32.4. The van der Waals surface area contributed by atoms with Crippen molar-refractivity contribution in [2.75, 3.05) is 20.6 Å². The molecule has 0 radical (unpaired) electrons. The van der Waals surface area contributed by atoms with Gasteiger partial charge >= 0.3 is 14.9 Å². The van der Waals surface area contributed by atoms with Crippen LogP contribution in [-0.4, -0.2) is 52.7 Å². The van der Waals surface area contributed by atoms with Crippen LogP contribution in [0.2, 0.25) is 0 Å². The molecule has 1 fully saturated rings. The Hall–Kier alpha value is 0.172. The van der Waals surface area contributed by atoms with E-state index in [2.05, 4.69) is 32.8 Å². The van der Waals surface area contributed by atoms with E-state index in [1.807, 2.05) is 0 Å². The van der Waals surface area contributed by atoms with Crippen LogP contribution in [0.1, 0.15) is 20.3 Å². The summed E-state index contributed by atoms with van der Waals surface area (Å²) in [6, 6.07) is 0.768. The van der Waals surface area contributed by atoms with Crippen molar-refractivity contribution in [3.8, 4) is 0 Å². The summed E-state index contributed by atoms with van der Waals surface area (Å²) in [7, 11) is 4.52. The van der Waals surface area contributed by atoms with Gasteiger partial charge in [0.2, 0.25) is 0 Å². The molecule has 15 heavy (non-hydrogen) atoms. The molecule has 1 N–H and O–H groups in total. The minimum Gasteiger partial charge on any atom is -0.510 e. The van der Waals surface area contributed by atoms with Crippen LogP contribution >= 0.6 is 0 Å². The molecular weight excluding hydrogens is 227 g/mol. The largest absolute Gasteiger partial charge is 1.04 e. The molecule has 0 aromatic carbocycles. The maximum atomic E-state index is 9.85. The Bertz CT molecular complexity index is 182. The number of quaternary nitrogens is 1. The molecule has 0 bridgehead atoms. The number of likely N-dealkylation sites (N-methyl/N-ethyl adjacent to an activating group) is 2. The molecule has 0 saturated carbocycles. The Morgan fingerprint density at radius 2 is 1.73 bits per heavy atom. The second-order valence-corrected chi connectivity index (χ2v) is 4.97. The lowest BCUT2D eigenvalue weighted by Gasteiger charge is -2.20. The van der Waals surface area contributed by atoms with E-state index in [4.69, 9.17) is 0 Å². The van der Waals surface area contributed by atoms with Crippen molar-refractivity contribution < 1.29 is 19.0 Å². The maximum Gasteiger partial charge on any atom is 1.04 e. The Morgan fingerprint density at radius 1 is 1.33 bits per heavy atom. The average molecular weight is 246 g/mol. The first-order valence-electron chi connectivity index (χ1n) is 5.08. The summed E-state index contributed by atoms with van der Waals surface area (Å²) in [6.07, 6.45) is 2.03. The Balaban J connectivity index is 0.000000336. The number of hydrogen-bond donors (Lipinski definition) is 1. The van der Waals surface area contributed by atoms with Gasteiger partial charge in [0.1, 0.15) is 6.17 Å². The van der Waals surface area contributed by atoms with Crippen LogP contribution in [0.3, 0.4) is 0 Å². The summed E-state index contributed by atoms with van der Waals surface area (Å²) in [5.41, 5.74) is 0. The second-order valence-electron chi connectivity index (χ2n) is 3.98. The highest BCUT2D eigenvalue weighted by molar-refractivity contribution is 6.50. The third kappa shape index (κ3) is 6.36. The van der Waals surface area contributed by atoms with Crippen LogP contribution in [0, 0.1) is 0 Å². The zero-order valence-corrected chi connectivity index (χ0v) is 10.8. The summed E-state index contributed by atoms with van der Waals surface area (Å²) in [6.45, 7) is 5.87. The molecule has 3 atom stereocenters. The van der Waals surface area contributed by atoms with Crippen LogP contribution < -0.4 is 4.90 Å². The standard InChI is InChI=1S/C8H18N2.Al.4FH/c1-5-8-9(3)6-7(2)10(8)4;;;;;/h7-8H,5-6H2,1-4H3;;4*1H/q;+3;;;;/p-3. The lowest BCUT2D eigenvalue weighted by Crippen LogP contribution is -3.11. The van der Waals surface area contributed by atoms with Crippen molar-refractivity contribution in [2.24, 2.45) is 0 Å². The number of rotatable bonds is 1. The fraction of sp³-hybridized carbons (Fsp3) is 1.00. The zero-order valence-electron chi connectivity index (χ0n) is 9.61. The van der Waals surface area contributed by atoms with Crippen molar-refractivity contribution in [1.29, 1.82) is 0 Å². The Morgan fingerprint density at radius 3 is 1.87 bits per heavy atom. The summed E-state index contributed by atoms with van der Waals surface area (Å²) in [5.74, 6) is 0. The molecule has 0 aromatic heterocycles. The number of nitrogens with one attached hydrogen (secondary N) is 1. The molecule has 0 aromatic rings. The van der Waals surface area contributed by atoms with Gasteiger partial charge in [0, 0.05) is 6.42 Å². The lowest BCUT2D eigenvalue weighted by molar-refractivity contribution is -0.898. The molecule has 3 unspecified atom stereocenters. The number of hydrogen-bond acceptors (Lipinski definition) is 1. The molecular formula is C8H19AlF4N2. The van der Waals surface area contributed by atoms with Gasteiger partial charge in [-0.15, -0.1) is 0 Å². The van der Waals surface area contributed by atoms with E-state index in [9.17, 15) is 14.1 Å². The molecule has 2 nitrogen and oxygen atoms in total. The van der Waals surface area contributed by atoms with Gasteiger partial charge in [-0.25, -0.2) is 4.90 Å². The quantitative estimate of drug-likeness (QED) is 0.533. The van der Waals surface area contributed by atoms with Gasteiger partial charge in [0.25, 0.3) is 0 Å². The van der Waals surface area contributed by atoms with Crippen LogP contribution in [-0.2, 0) is 0 Å². The molecule has 92 valence electrons. The lowest BCUT2D eigenvalue weighted by atomic mass is 10.3. The fourth-order valence-electron chi connectivity index (χ4n) is 2.04. The van der Waals surface area contributed by atoms with Crippen LogP contribution in [0.5, 0.6) is 0 Å². The monoisotopic (exact) mass is 246 g/mol. The predicted octanol–water partition coefficient (Wildman–Crippen LogP) is 0.871. The van der Waals surface area contributed by atoms with Gasteiger partial charge in [-0.05, 0) is 14.0 Å². The minimum atomic E-state index is -6.83. The summed E-state index contributed by atoms with van der Waals surface area (Å²) < 4.78 is 39.4. The summed E-state index contributed by atoms with van der Waals surface area (Å²) >= 11 is -6.83. The first kappa shape index (κ1) is 15.2. The first-order chi connectivity index (χ1) is 6.66. The molecule has 0 amide bonds.